The number of esters is 1. The highest BCUT2D eigenvalue weighted by atomic mass is 32.2. The zero-order chi connectivity index (χ0) is 31.0. The van der Waals surface area contributed by atoms with Gasteiger partial charge in [-0.3, -0.25) is 23.7 Å². The van der Waals surface area contributed by atoms with E-state index in [1.807, 2.05) is 18.2 Å². The molecule has 10 nitrogen and oxygen atoms in total. The van der Waals surface area contributed by atoms with E-state index in [0.29, 0.717) is 32.6 Å². The number of benzene rings is 3. The van der Waals surface area contributed by atoms with Gasteiger partial charge in [-0.15, -0.1) is 0 Å². The molecule has 3 amide bonds. The van der Waals surface area contributed by atoms with E-state index in [1.165, 1.54) is 16.7 Å². The molecule has 3 aromatic carbocycles. The van der Waals surface area contributed by atoms with E-state index in [1.54, 1.807) is 62.6 Å². The molecule has 1 N–H and O–H groups in total. The third kappa shape index (κ3) is 5.31. The van der Waals surface area contributed by atoms with Crippen molar-refractivity contribution in [3.8, 4) is 5.75 Å². The summed E-state index contributed by atoms with van der Waals surface area (Å²) in [6.45, 7) is 1.68. The standard InChI is InChI=1S/C32H27N3O7S2/c1-3-42-31(39)19-9-13-21(14-10-19)35-28(37)25-24(18-11-15-22(41-2)16-12-18)27-30(43-26(25)29(35)38)34(32(40)44-27)17-23(36)33-20-7-5-4-6-8-20/h4-16,24-26H,3,17H2,1-2H3,(H,33,36)/t24-,25?,26?/m0/s1. The molecule has 3 atom stereocenters. The average Bonchev–Trinajstić information content (AvgIpc) is 3.48. The van der Waals surface area contributed by atoms with Gasteiger partial charge in [-0.05, 0) is 61.0 Å². The molecule has 0 radical (unpaired) electrons. The molecule has 0 saturated carbocycles. The highest BCUT2D eigenvalue weighted by Crippen LogP contribution is 2.54. The van der Waals surface area contributed by atoms with Crippen LogP contribution < -0.4 is 19.8 Å². The number of aromatic nitrogens is 1. The summed E-state index contributed by atoms with van der Waals surface area (Å²) in [5, 5.41) is 2.45. The van der Waals surface area contributed by atoms with Crippen molar-refractivity contribution in [1.82, 2.24) is 4.57 Å². The minimum Gasteiger partial charge on any atom is -0.497 e. The van der Waals surface area contributed by atoms with Crippen LogP contribution in [0.4, 0.5) is 11.4 Å². The Bertz CT molecular complexity index is 1800. The first-order valence-corrected chi connectivity index (χ1v) is 15.5. The summed E-state index contributed by atoms with van der Waals surface area (Å²) < 4.78 is 11.7. The van der Waals surface area contributed by atoms with E-state index in [4.69, 9.17) is 9.47 Å². The maximum atomic E-state index is 14.1. The molecule has 0 aliphatic carbocycles. The number of nitrogens with one attached hydrogen (secondary N) is 1. The Hall–Kier alpha value is -4.68. The molecule has 4 aromatic rings. The molecule has 44 heavy (non-hydrogen) atoms. The Morgan fingerprint density at radius 1 is 0.909 bits per heavy atom. The molecule has 0 bridgehead atoms. The van der Waals surface area contributed by atoms with Gasteiger partial charge in [-0.2, -0.15) is 0 Å². The SMILES string of the molecule is CCOC(=O)c1ccc(N2C(=O)C3Sc4c(sc(=O)n4CC(=O)Nc4ccccc4)[C@@H](c4ccc(OC)cc4)C3C2=O)cc1. The van der Waals surface area contributed by atoms with Crippen LogP contribution in [0.1, 0.15) is 33.6 Å². The molecular formula is C32H27N3O7S2. The Kier molecular flexibility index (Phi) is 8.11. The fourth-order valence-corrected chi connectivity index (χ4v) is 8.28. The Balaban J connectivity index is 1.38. The van der Waals surface area contributed by atoms with Crippen molar-refractivity contribution < 1.29 is 28.7 Å². The molecular weight excluding hydrogens is 603 g/mol. The number of imide groups is 1. The monoisotopic (exact) mass is 629 g/mol. The number of hydrogen-bond donors (Lipinski definition) is 1. The van der Waals surface area contributed by atoms with Crippen LogP contribution in [0.2, 0.25) is 0 Å². The van der Waals surface area contributed by atoms with Gasteiger partial charge < -0.3 is 14.8 Å². The van der Waals surface area contributed by atoms with Crippen LogP contribution in [-0.4, -0.2) is 47.2 Å². The van der Waals surface area contributed by atoms with Crippen LogP contribution in [0.5, 0.6) is 5.75 Å². The first-order chi connectivity index (χ1) is 21.3. The molecule has 2 aliphatic rings. The summed E-state index contributed by atoms with van der Waals surface area (Å²) in [5.74, 6) is -2.52. The third-order valence-electron chi connectivity index (χ3n) is 7.52. The number of hydrogen-bond acceptors (Lipinski definition) is 9. The lowest BCUT2D eigenvalue weighted by Crippen LogP contribution is -2.33. The zero-order valence-electron chi connectivity index (χ0n) is 23.7. The number of fused-ring (bicyclic) bond motifs is 2. The number of ether oxygens (including phenoxy) is 2. The first kappa shape index (κ1) is 29.4. The quantitative estimate of drug-likeness (QED) is 0.223. The molecule has 1 aromatic heterocycles. The van der Waals surface area contributed by atoms with Crippen molar-refractivity contribution >= 4 is 58.2 Å². The smallest absolute Gasteiger partial charge is 0.338 e. The van der Waals surface area contributed by atoms with Gasteiger partial charge in [0.05, 0.1) is 35.9 Å². The zero-order valence-corrected chi connectivity index (χ0v) is 25.4. The number of rotatable bonds is 8. The molecule has 6 rings (SSSR count). The number of amides is 3. The van der Waals surface area contributed by atoms with E-state index >= 15 is 0 Å². The summed E-state index contributed by atoms with van der Waals surface area (Å²) >= 11 is 2.12. The van der Waals surface area contributed by atoms with E-state index in [9.17, 15) is 24.0 Å². The van der Waals surface area contributed by atoms with Crippen molar-refractivity contribution in [3.63, 3.8) is 0 Å². The number of para-hydroxylation sites is 1. The number of thiazole rings is 1. The predicted octanol–water partition coefficient (Wildman–Crippen LogP) is 4.53. The number of anilines is 2. The third-order valence-corrected chi connectivity index (χ3v) is 10.1. The molecule has 1 saturated heterocycles. The number of carbonyl (C=O) groups excluding carboxylic acids is 4. The molecule has 1 fully saturated rings. The van der Waals surface area contributed by atoms with Gasteiger partial charge in [0.15, 0.2) is 0 Å². The average molecular weight is 630 g/mol. The van der Waals surface area contributed by atoms with Crippen LogP contribution in [0.3, 0.4) is 0 Å². The lowest BCUT2D eigenvalue weighted by atomic mass is 9.83. The molecule has 12 heteroatoms. The topological polar surface area (TPSA) is 124 Å². The van der Waals surface area contributed by atoms with Crippen molar-refractivity contribution in [3.05, 3.63) is 105 Å². The van der Waals surface area contributed by atoms with Gasteiger partial charge >= 0.3 is 10.8 Å². The summed E-state index contributed by atoms with van der Waals surface area (Å²) in [7, 11) is 1.55. The maximum Gasteiger partial charge on any atom is 0.338 e. The number of thioether (sulfide) groups is 1. The molecule has 2 unspecified atom stereocenters. The molecule has 224 valence electrons. The number of carbonyl (C=O) groups is 4. The van der Waals surface area contributed by atoms with Crippen molar-refractivity contribution in [2.75, 3.05) is 23.9 Å². The largest absolute Gasteiger partial charge is 0.497 e. The first-order valence-electron chi connectivity index (χ1n) is 13.8. The Labute approximate surface area is 260 Å². The summed E-state index contributed by atoms with van der Waals surface area (Å²) in [5.41, 5.74) is 1.97. The van der Waals surface area contributed by atoms with Crippen LogP contribution in [0.25, 0.3) is 0 Å². The lowest BCUT2D eigenvalue weighted by Gasteiger charge is -2.30. The minimum absolute atomic E-state index is 0.222. The molecule has 2 aliphatic heterocycles. The van der Waals surface area contributed by atoms with Gasteiger partial charge in [0.2, 0.25) is 17.7 Å². The minimum atomic E-state index is -0.843. The predicted molar refractivity (Wildman–Crippen MR) is 167 cm³/mol. The molecule has 3 heterocycles. The van der Waals surface area contributed by atoms with Gasteiger partial charge in [0.1, 0.15) is 17.5 Å². The maximum absolute atomic E-state index is 14.1. The van der Waals surface area contributed by atoms with Gasteiger partial charge in [-0.1, -0.05) is 53.4 Å². The van der Waals surface area contributed by atoms with E-state index < -0.39 is 34.9 Å². The lowest BCUT2D eigenvalue weighted by molar-refractivity contribution is -0.122. The van der Waals surface area contributed by atoms with Crippen molar-refractivity contribution in [2.45, 2.75) is 29.7 Å². The fourth-order valence-electron chi connectivity index (χ4n) is 5.51. The van der Waals surface area contributed by atoms with Crippen LogP contribution in [0, 0.1) is 5.92 Å². The van der Waals surface area contributed by atoms with Crippen molar-refractivity contribution in [2.24, 2.45) is 5.92 Å². The second-order valence-electron chi connectivity index (χ2n) is 10.1. The van der Waals surface area contributed by atoms with Crippen LogP contribution >= 0.6 is 23.1 Å². The summed E-state index contributed by atoms with van der Waals surface area (Å²) in [6.07, 6.45) is 0. The number of nitrogens with zero attached hydrogens (tertiary/aromatic N) is 2. The molecule has 0 spiro atoms. The normalized spacial score (nSPS) is 18.9. The summed E-state index contributed by atoms with van der Waals surface area (Å²) in [4.78, 5) is 67.9. The van der Waals surface area contributed by atoms with Gasteiger partial charge in [0, 0.05) is 16.5 Å². The van der Waals surface area contributed by atoms with E-state index in [-0.39, 0.29) is 23.9 Å². The van der Waals surface area contributed by atoms with Crippen molar-refractivity contribution in [1.29, 1.82) is 0 Å². The van der Waals surface area contributed by atoms with Gasteiger partial charge in [-0.25, -0.2) is 9.69 Å². The van der Waals surface area contributed by atoms with E-state index in [0.717, 1.165) is 33.6 Å². The van der Waals surface area contributed by atoms with E-state index in [2.05, 4.69) is 5.32 Å². The highest BCUT2D eigenvalue weighted by molar-refractivity contribution is 8.00. The highest BCUT2D eigenvalue weighted by Gasteiger charge is 2.56. The Morgan fingerprint density at radius 3 is 2.27 bits per heavy atom. The fraction of sp³-hybridized carbons (Fsp3) is 0.219. The van der Waals surface area contributed by atoms with Crippen LogP contribution in [0.15, 0.2) is 88.7 Å². The second kappa shape index (κ2) is 12.1. The number of methoxy groups -OCH3 is 1. The van der Waals surface area contributed by atoms with Crippen LogP contribution in [-0.2, 0) is 25.7 Å². The second-order valence-corrected chi connectivity index (χ2v) is 12.3. The Morgan fingerprint density at radius 2 is 1.61 bits per heavy atom. The summed E-state index contributed by atoms with van der Waals surface area (Å²) in [6, 6.07) is 22.2. The van der Waals surface area contributed by atoms with Gasteiger partial charge in [0.25, 0.3) is 0 Å².